The molecule has 4 heteroatoms. The zero-order chi connectivity index (χ0) is 13.1. The second-order valence-corrected chi connectivity index (χ2v) is 5.30. The van der Waals surface area contributed by atoms with Crippen LogP contribution in [0.4, 0.5) is 5.69 Å². The minimum Gasteiger partial charge on any atom is -0.365 e. The van der Waals surface area contributed by atoms with Gasteiger partial charge in [-0.3, -0.25) is 9.59 Å². The molecule has 2 fully saturated rings. The summed E-state index contributed by atoms with van der Waals surface area (Å²) in [6.45, 7) is 1.91. The molecular formula is C15H13NO3. The number of hydrogen-bond donors (Lipinski definition) is 0. The Morgan fingerprint density at radius 2 is 1.58 bits per heavy atom. The molecule has 4 atom stereocenters. The van der Waals surface area contributed by atoms with E-state index in [0.29, 0.717) is 5.69 Å². The Kier molecular flexibility index (Phi) is 2.04. The fourth-order valence-corrected chi connectivity index (χ4v) is 3.36. The van der Waals surface area contributed by atoms with Crippen molar-refractivity contribution >= 4 is 17.5 Å². The summed E-state index contributed by atoms with van der Waals surface area (Å²) in [5.74, 6) is -0.911. The smallest absolute Gasteiger partial charge is 0.240 e. The molecule has 0 spiro atoms. The van der Waals surface area contributed by atoms with E-state index in [0.717, 1.165) is 5.56 Å². The minimum absolute atomic E-state index is 0.124. The molecule has 0 aromatic heterocycles. The number of para-hydroxylation sites is 1. The van der Waals surface area contributed by atoms with Gasteiger partial charge in [-0.2, -0.15) is 0 Å². The summed E-state index contributed by atoms with van der Waals surface area (Å²) in [6.07, 6.45) is 3.36. The summed E-state index contributed by atoms with van der Waals surface area (Å²) in [4.78, 5) is 26.4. The fraction of sp³-hybridized carbons (Fsp3) is 0.333. The maximum absolute atomic E-state index is 12.5. The van der Waals surface area contributed by atoms with E-state index >= 15 is 0 Å². The Balaban J connectivity index is 1.79. The average molecular weight is 255 g/mol. The maximum Gasteiger partial charge on any atom is 0.240 e. The standard InChI is InChI=1S/C15H13NO3/c1-8-4-2-3-5-9(8)16-14(17)12-10-6-7-11(19-10)13(12)15(16)18/h2-7,10-13H,1H3/t10-,11+,12-,13-/m0/s1. The van der Waals surface area contributed by atoms with E-state index in [2.05, 4.69) is 0 Å². The Morgan fingerprint density at radius 3 is 2.16 bits per heavy atom. The molecule has 0 radical (unpaired) electrons. The average Bonchev–Trinajstić information content (AvgIpc) is 3.06. The number of benzene rings is 1. The van der Waals surface area contributed by atoms with Crippen molar-refractivity contribution < 1.29 is 14.3 Å². The highest BCUT2D eigenvalue weighted by molar-refractivity contribution is 6.23. The van der Waals surface area contributed by atoms with Crippen LogP contribution < -0.4 is 4.90 Å². The number of amides is 2. The van der Waals surface area contributed by atoms with Crippen LogP contribution in [0.5, 0.6) is 0 Å². The largest absolute Gasteiger partial charge is 0.365 e. The van der Waals surface area contributed by atoms with Gasteiger partial charge in [-0.15, -0.1) is 0 Å². The van der Waals surface area contributed by atoms with Crippen molar-refractivity contribution in [2.24, 2.45) is 11.8 Å². The molecule has 2 saturated heterocycles. The van der Waals surface area contributed by atoms with E-state index < -0.39 is 0 Å². The molecule has 2 bridgehead atoms. The first kappa shape index (κ1) is 10.9. The van der Waals surface area contributed by atoms with E-state index in [4.69, 9.17) is 4.74 Å². The Labute approximate surface area is 110 Å². The molecule has 3 heterocycles. The molecular weight excluding hydrogens is 242 g/mol. The van der Waals surface area contributed by atoms with Gasteiger partial charge in [0.1, 0.15) is 0 Å². The SMILES string of the molecule is Cc1ccccc1N1C(=O)[C@@H]2[C@@H](C1=O)[C@H]1C=C[C@@H]2O1. The lowest BCUT2D eigenvalue weighted by Gasteiger charge is -2.19. The van der Waals surface area contributed by atoms with Crippen molar-refractivity contribution in [1.29, 1.82) is 0 Å². The van der Waals surface area contributed by atoms with Crippen molar-refractivity contribution in [3.63, 3.8) is 0 Å². The molecule has 3 aliphatic heterocycles. The lowest BCUT2D eigenvalue weighted by Crippen LogP contribution is -2.34. The van der Waals surface area contributed by atoms with E-state index in [9.17, 15) is 9.59 Å². The van der Waals surface area contributed by atoms with Gasteiger partial charge in [0, 0.05) is 0 Å². The van der Waals surface area contributed by atoms with Crippen LogP contribution in [-0.4, -0.2) is 24.0 Å². The van der Waals surface area contributed by atoms with Crippen molar-refractivity contribution in [1.82, 2.24) is 0 Å². The molecule has 1 aromatic carbocycles. The highest BCUT2D eigenvalue weighted by atomic mass is 16.5. The number of aryl methyl sites for hydroxylation is 1. The third kappa shape index (κ3) is 1.27. The molecule has 0 aliphatic carbocycles. The normalized spacial score (nSPS) is 35.3. The highest BCUT2D eigenvalue weighted by Crippen LogP contribution is 2.46. The summed E-state index contributed by atoms with van der Waals surface area (Å²) >= 11 is 0. The molecule has 19 heavy (non-hydrogen) atoms. The molecule has 3 aliphatic rings. The van der Waals surface area contributed by atoms with Crippen LogP contribution in [0.1, 0.15) is 5.56 Å². The van der Waals surface area contributed by atoms with E-state index in [-0.39, 0.29) is 35.9 Å². The molecule has 0 N–H and O–H groups in total. The van der Waals surface area contributed by atoms with E-state index in [1.807, 2.05) is 43.3 Å². The summed E-state index contributed by atoms with van der Waals surface area (Å²) < 4.78 is 5.62. The number of fused-ring (bicyclic) bond motifs is 5. The van der Waals surface area contributed by atoms with Crippen LogP contribution in [0.2, 0.25) is 0 Å². The van der Waals surface area contributed by atoms with Crippen LogP contribution in [-0.2, 0) is 14.3 Å². The molecule has 4 rings (SSSR count). The zero-order valence-electron chi connectivity index (χ0n) is 10.4. The van der Waals surface area contributed by atoms with Crippen LogP contribution in [0, 0.1) is 18.8 Å². The molecule has 4 nitrogen and oxygen atoms in total. The first-order valence-electron chi connectivity index (χ1n) is 6.46. The summed E-state index contributed by atoms with van der Waals surface area (Å²) in [5.41, 5.74) is 1.64. The Bertz CT molecular complexity index is 592. The van der Waals surface area contributed by atoms with E-state index in [1.165, 1.54) is 4.90 Å². The number of rotatable bonds is 1. The number of hydrogen-bond acceptors (Lipinski definition) is 3. The number of carbonyl (C=O) groups excluding carboxylic acids is 2. The molecule has 0 saturated carbocycles. The lowest BCUT2D eigenvalue weighted by atomic mass is 9.85. The topological polar surface area (TPSA) is 46.6 Å². The second-order valence-electron chi connectivity index (χ2n) is 5.30. The van der Waals surface area contributed by atoms with Gasteiger partial charge in [0.05, 0.1) is 29.7 Å². The van der Waals surface area contributed by atoms with E-state index in [1.54, 1.807) is 0 Å². The predicted molar refractivity (Wildman–Crippen MR) is 68.5 cm³/mol. The van der Waals surface area contributed by atoms with Gasteiger partial charge in [0.2, 0.25) is 11.8 Å². The second kappa shape index (κ2) is 3.54. The minimum atomic E-state index is -0.331. The number of carbonyl (C=O) groups is 2. The molecule has 0 unspecified atom stereocenters. The van der Waals surface area contributed by atoms with Crippen molar-refractivity contribution in [3.8, 4) is 0 Å². The molecule has 2 amide bonds. The van der Waals surface area contributed by atoms with Gasteiger partial charge >= 0.3 is 0 Å². The number of imide groups is 1. The highest BCUT2D eigenvalue weighted by Gasteiger charge is 2.61. The third-order valence-corrected chi connectivity index (χ3v) is 4.27. The first-order chi connectivity index (χ1) is 9.18. The van der Waals surface area contributed by atoms with Crippen LogP contribution >= 0.6 is 0 Å². The van der Waals surface area contributed by atoms with Gasteiger partial charge < -0.3 is 4.74 Å². The molecule has 96 valence electrons. The lowest BCUT2D eigenvalue weighted by molar-refractivity contribution is -0.124. The monoisotopic (exact) mass is 255 g/mol. The Morgan fingerprint density at radius 1 is 1.00 bits per heavy atom. The number of nitrogens with zero attached hydrogens (tertiary/aromatic N) is 1. The predicted octanol–water partition coefficient (Wildman–Crippen LogP) is 1.44. The summed E-state index contributed by atoms with van der Waals surface area (Å²) in [7, 11) is 0. The third-order valence-electron chi connectivity index (χ3n) is 4.27. The maximum atomic E-state index is 12.5. The molecule has 1 aromatic rings. The van der Waals surface area contributed by atoms with Gasteiger partial charge in [-0.25, -0.2) is 4.90 Å². The van der Waals surface area contributed by atoms with Crippen LogP contribution in [0.25, 0.3) is 0 Å². The van der Waals surface area contributed by atoms with Gasteiger partial charge in [0.25, 0.3) is 0 Å². The van der Waals surface area contributed by atoms with Gasteiger partial charge in [0.15, 0.2) is 0 Å². The number of anilines is 1. The van der Waals surface area contributed by atoms with Gasteiger partial charge in [-0.05, 0) is 18.6 Å². The Hall–Kier alpha value is -1.94. The first-order valence-corrected chi connectivity index (χ1v) is 6.46. The summed E-state index contributed by atoms with van der Waals surface area (Å²) in [5, 5.41) is 0. The van der Waals surface area contributed by atoms with Crippen molar-refractivity contribution in [2.45, 2.75) is 19.1 Å². The van der Waals surface area contributed by atoms with Crippen LogP contribution in [0.3, 0.4) is 0 Å². The van der Waals surface area contributed by atoms with Crippen molar-refractivity contribution in [3.05, 3.63) is 42.0 Å². The van der Waals surface area contributed by atoms with Crippen molar-refractivity contribution in [2.75, 3.05) is 4.90 Å². The van der Waals surface area contributed by atoms with Gasteiger partial charge in [-0.1, -0.05) is 30.4 Å². The quantitative estimate of drug-likeness (QED) is 0.563. The zero-order valence-corrected chi connectivity index (χ0v) is 10.4. The number of ether oxygens (including phenoxy) is 1. The summed E-state index contributed by atoms with van der Waals surface area (Å²) in [6, 6.07) is 7.48. The fourth-order valence-electron chi connectivity index (χ4n) is 3.36. The van der Waals surface area contributed by atoms with Crippen LogP contribution in [0.15, 0.2) is 36.4 Å².